The van der Waals surface area contributed by atoms with Crippen molar-refractivity contribution in [2.45, 2.75) is 27.7 Å². The van der Waals surface area contributed by atoms with Crippen molar-refractivity contribution in [3.05, 3.63) is 179 Å². The third-order valence-electron chi connectivity index (χ3n) is 10.4. The van der Waals surface area contributed by atoms with Gasteiger partial charge in [-0.15, -0.1) is 0 Å². The maximum absolute atomic E-state index is 14.3. The number of carbonyl (C=O) groups is 2. The van der Waals surface area contributed by atoms with Crippen molar-refractivity contribution in [3.63, 3.8) is 0 Å². The highest BCUT2D eigenvalue weighted by atomic mass is 16.2. The molecule has 0 atom stereocenters. The fourth-order valence-corrected chi connectivity index (χ4v) is 7.49. The molecule has 3 heteroatoms. The maximum atomic E-state index is 14.3. The molecular weight excluding hydrogens is 635 g/mol. The molecule has 7 aromatic rings. The lowest BCUT2D eigenvalue weighted by Gasteiger charge is -2.20. The first-order valence-electron chi connectivity index (χ1n) is 17.7. The number of carbonyl (C=O) groups excluding carboxylic acids is 2. The molecule has 3 nitrogen and oxygen atoms in total. The number of fused-ring (bicyclic) bond motifs is 1. The first-order valence-corrected chi connectivity index (χ1v) is 17.7. The number of rotatable bonds is 6. The van der Waals surface area contributed by atoms with Crippen LogP contribution in [0.4, 0.5) is 0 Å². The second-order valence-electron chi connectivity index (χ2n) is 14.0. The third kappa shape index (κ3) is 5.65. The first kappa shape index (κ1) is 32.9. The van der Waals surface area contributed by atoms with E-state index >= 15 is 0 Å². The Morgan fingerprint density at radius 1 is 0.308 bits per heavy atom. The summed E-state index contributed by atoms with van der Waals surface area (Å²) in [5.41, 5.74) is 17.4. The number of imide groups is 1. The highest BCUT2D eigenvalue weighted by molar-refractivity contribution is 6.27. The van der Waals surface area contributed by atoms with Crippen molar-refractivity contribution < 1.29 is 9.59 Å². The standard InChI is InChI=1S/C49H39NO2/c1-30-12-20-34(21-13-30)38-8-6-10-40(44(38)36-24-16-32(3)17-25-36)42-28-29-43(47-46(42)48(51)50(5)49(47)52)41-11-7-9-39(35-22-14-31(2)15-23-35)45(41)37-26-18-33(4)19-27-37/h6-29H,1-5H3. The van der Waals surface area contributed by atoms with Crippen LogP contribution in [0.3, 0.4) is 0 Å². The van der Waals surface area contributed by atoms with Gasteiger partial charge in [-0.2, -0.15) is 0 Å². The molecule has 0 spiro atoms. The molecule has 1 aliphatic heterocycles. The zero-order valence-electron chi connectivity index (χ0n) is 30.1. The van der Waals surface area contributed by atoms with Gasteiger partial charge in [0.05, 0.1) is 11.1 Å². The van der Waals surface area contributed by atoms with Gasteiger partial charge in [-0.3, -0.25) is 14.5 Å². The Morgan fingerprint density at radius 2 is 0.577 bits per heavy atom. The van der Waals surface area contributed by atoms with Crippen LogP contribution in [0.2, 0.25) is 0 Å². The summed E-state index contributed by atoms with van der Waals surface area (Å²) < 4.78 is 0. The highest BCUT2D eigenvalue weighted by Gasteiger charge is 2.39. The van der Waals surface area contributed by atoms with Gasteiger partial charge in [0.25, 0.3) is 11.8 Å². The number of hydrogen-bond acceptors (Lipinski definition) is 2. The Labute approximate surface area is 305 Å². The van der Waals surface area contributed by atoms with Crippen LogP contribution in [-0.2, 0) is 0 Å². The molecule has 8 rings (SSSR count). The zero-order valence-corrected chi connectivity index (χ0v) is 30.1. The second kappa shape index (κ2) is 13.1. The normalized spacial score (nSPS) is 12.4. The lowest BCUT2D eigenvalue weighted by molar-refractivity contribution is 0.0693. The van der Waals surface area contributed by atoms with E-state index in [1.165, 1.54) is 27.2 Å². The summed E-state index contributed by atoms with van der Waals surface area (Å²) >= 11 is 0. The lowest BCUT2D eigenvalue weighted by atomic mass is 9.82. The van der Waals surface area contributed by atoms with Gasteiger partial charge in [-0.25, -0.2) is 0 Å². The van der Waals surface area contributed by atoms with Crippen LogP contribution in [0.5, 0.6) is 0 Å². The van der Waals surface area contributed by atoms with Crippen molar-refractivity contribution in [3.8, 4) is 66.8 Å². The first-order chi connectivity index (χ1) is 25.2. The number of benzene rings is 7. The molecule has 0 N–H and O–H groups in total. The predicted molar refractivity (Wildman–Crippen MR) is 214 cm³/mol. The third-order valence-corrected chi connectivity index (χ3v) is 10.4. The van der Waals surface area contributed by atoms with Crippen molar-refractivity contribution in [2.75, 3.05) is 7.05 Å². The Morgan fingerprint density at radius 3 is 0.904 bits per heavy atom. The molecule has 0 aliphatic carbocycles. The van der Waals surface area contributed by atoms with Crippen LogP contribution < -0.4 is 0 Å². The molecule has 2 amide bonds. The van der Waals surface area contributed by atoms with Crippen LogP contribution in [0.25, 0.3) is 66.8 Å². The summed E-state index contributed by atoms with van der Waals surface area (Å²) in [4.78, 5) is 29.8. The van der Waals surface area contributed by atoms with Gasteiger partial charge in [-0.05, 0) is 94.5 Å². The fraction of sp³-hybridized carbons (Fsp3) is 0.102. The molecule has 0 radical (unpaired) electrons. The molecular formula is C49H39NO2. The quantitative estimate of drug-likeness (QED) is 0.165. The SMILES string of the molecule is Cc1ccc(-c2cccc(-c3ccc(-c4cccc(-c5ccc(C)cc5)c4-c4ccc(C)cc4)c4c3C(=O)N(C)C4=O)c2-c2ccc(C)cc2)cc1. The van der Waals surface area contributed by atoms with Gasteiger partial charge in [-0.1, -0.05) is 168 Å². The number of nitrogens with zero attached hydrogens (tertiary/aromatic N) is 1. The van der Waals surface area contributed by atoms with Gasteiger partial charge < -0.3 is 0 Å². The highest BCUT2D eigenvalue weighted by Crippen LogP contribution is 2.47. The van der Waals surface area contributed by atoms with Gasteiger partial charge in [0, 0.05) is 7.05 Å². The van der Waals surface area contributed by atoms with Crippen LogP contribution in [-0.4, -0.2) is 23.8 Å². The smallest absolute Gasteiger partial charge is 0.261 e. The van der Waals surface area contributed by atoms with E-state index in [2.05, 4.69) is 149 Å². The average Bonchev–Trinajstić information content (AvgIpc) is 3.39. The lowest BCUT2D eigenvalue weighted by Crippen LogP contribution is -2.24. The van der Waals surface area contributed by atoms with Crippen molar-refractivity contribution in [1.82, 2.24) is 4.90 Å². The van der Waals surface area contributed by atoms with E-state index in [1.807, 2.05) is 24.3 Å². The van der Waals surface area contributed by atoms with E-state index < -0.39 is 0 Å². The summed E-state index contributed by atoms with van der Waals surface area (Å²) in [6.07, 6.45) is 0. The minimum absolute atomic E-state index is 0.293. The summed E-state index contributed by atoms with van der Waals surface area (Å²) in [6, 6.07) is 50.8. The second-order valence-corrected chi connectivity index (χ2v) is 14.0. The van der Waals surface area contributed by atoms with E-state index in [0.29, 0.717) is 11.1 Å². The predicted octanol–water partition coefficient (Wildman–Crippen LogP) is 12.1. The molecule has 0 aromatic heterocycles. The van der Waals surface area contributed by atoms with E-state index in [4.69, 9.17) is 0 Å². The topological polar surface area (TPSA) is 37.4 Å². The molecule has 52 heavy (non-hydrogen) atoms. The van der Waals surface area contributed by atoms with Crippen LogP contribution in [0, 0.1) is 27.7 Å². The monoisotopic (exact) mass is 673 g/mol. The van der Waals surface area contributed by atoms with Crippen molar-refractivity contribution in [2.24, 2.45) is 0 Å². The van der Waals surface area contributed by atoms with Crippen molar-refractivity contribution >= 4 is 11.8 Å². The summed E-state index contributed by atoms with van der Waals surface area (Å²) in [7, 11) is 1.59. The molecule has 0 saturated carbocycles. The van der Waals surface area contributed by atoms with Gasteiger partial charge in [0.1, 0.15) is 0 Å². The van der Waals surface area contributed by atoms with E-state index in [9.17, 15) is 9.59 Å². The molecule has 7 aromatic carbocycles. The minimum Gasteiger partial charge on any atom is -0.277 e. The Bertz CT molecular complexity index is 2330. The van der Waals surface area contributed by atoms with E-state index in [-0.39, 0.29) is 11.8 Å². The number of hydrogen-bond donors (Lipinski definition) is 0. The zero-order chi connectivity index (χ0) is 36.1. The Kier molecular flexibility index (Phi) is 8.28. The molecule has 0 saturated heterocycles. The van der Waals surface area contributed by atoms with Crippen LogP contribution in [0.1, 0.15) is 43.0 Å². The molecule has 0 fully saturated rings. The van der Waals surface area contributed by atoms with Gasteiger partial charge >= 0.3 is 0 Å². The van der Waals surface area contributed by atoms with Gasteiger partial charge in [0.15, 0.2) is 0 Å². The van der Waals surface area contributed by atoms with Crippen LogP contribution >= 0.6 is 0 Å². The maximum Gasteiger partial charge on any atom is 0.261 e. The van der Waals surface area contributed by atoms with Crippen LogP contribution in [0.15, 0.2) is 146 Å². The molecule has 252 valence electrons. The van der Waals surface area contributed by atoms with E-state index in [1.54, 1.807) is 7.05 Å². The average molecular weight is 674 g/mol. The summed E-state index contributed by atoms with van der Waals surface area (Å²) in [6.45, 7) is 8.35. The molecule has 1 heterocycles. The number of aryl methyl sites for hydroxylation is 4. The largest absolute Gasteiger partial charge is 0.277 e. The number of amides is 2. The minimum atomic E-state index is -0.293. The van der Waals surface area contributed by atoms with Crippen molar-refractivity contribution in [1.29, 1.82) is 0 Å². The Hall–Kier alpha value is -6.32. The Balaban J connectivity index is 1.42. The molecule has 1 aliphatic rings. The summed E-state index contributed by atoms with van der Waals surface area (Å²) in [5.74, 6) is -0.585. The molecule has 0 unspecified atom stereocenters. The summed E-state index contributed by atoms with van der Waals surface area (Å²) in [5, 5.41) is 0. The fourth-order valence-electron chi connectivity index (χ4n) is 7.49. The van der Waals surface area contributed by atoms with Gasteiger partial charge in [0.2, 0.25) is 0 Å². The van der Waals surface area contributed by atoms with E-state index in [0.717, 1.165) is 66.8 Å². The molecule has 0 bridgehead atoms.